The molecule has 0 amide bonds. The van der Waals surface area contributed by atoms with Crippen LogP contribution in [0.2, 0.25) is 0 Å². The van der Waals surface area contributed by atoms with E-state index in [4.69, 9.17) is 4.74 Å². The first-order chi connectivity index (χ1) is 9.70. The molecule has 1 saturated heterocycles. The zero-order chi connectivity index (χ0) is 14.4. The predicted molar refractivity (Wildman–Crippen MR) is 77.2 cm³/mol. The summed E-state index contributed by atoms with van der Waals surface area (Å²) in [6.07, 6.45) is 1.36. The molecule has 0 bridgehead atoms. The van der Waals surface area contributed by atoms with Crippen LogP contribution >= 0.6 is 0 Å². The second-order valence-electron chi connectivity index (χ2n) is 5.28. The highest BCUT2D eigenvalue weighted by Gasteiger charge is 2.27. The number of carbonyl (C=O) groups is 1. The zero-order valence-corrected chi connectivity index (χ0v) is 12.0. The monoisotopic (exact) mass is 277 g/mol. The van der Waals surface area contributed by atoms with E-state index < -0.39 is 6.10 Å². The van der Waals surface area contributed by atoms with E-state index in [-0.39, 0.29) is 11.9 Å². The van der Waals surface area contributed by atoms with Gasteiger partial charge in [0.05, 0.1) is 18.6 Å². The van der Waals surface area contributed by atoms with Gasteiger partial charge in [-0.2, -0.15) is 0 Å². The molecule has 1 aromatic carbocycles. The minimum Gasteiger partial charge on any atom is -0.466 e. The number of nitrogens with zero attached hydrogens (tertiary/aromatic N) is 1. The van der Waals surface area contributed by atoms with E-state index >= 15 is 0 Å². The average Bonchev–Trinajstić information content (AvgIpc) is 2.48. The van der Waals surface area contributed by atoms with Crippen LogP contribution < -0.4 is 0 Å². The number of piperidine rings is 1. The summed E-state index contributed by atoms with van der Waals surface area (Å²) < 4.78 is 5.09. The van der Waals surface area contributed by atoms with Gasteiger partial charge in [0.2, 0.25) is 0 Å². The average molecular weight is 277 g/mol. The highest BCUT2D eigenvalue weighted by Crippen LogP contribution is 2.21. The summed E-state index contributed by atoms with van der Waals surface area (Å²) in [6.45, 7) is 4.45. The van der Waals surface area contributed by atoms with Crippen LogP contribution in [0.1, 0.15) is 31.4 Å². The number of benzene rings is 1. The fourth-order valence-corrected chi connectivity index (χ4v) is 2.70. The Hall–Kier alpha value is -1.39. The van der Waals surface area contributed by atoms with E-state index in [1.165, 1.54) is 0 Å². The van der Waals surface area contributed by atoms with Crippen LogP contribution in [0, 0.1) is 5.92 Å². The number of likely N-dealkylation sites (tertiary alicyclic amines) is 1. The Morgan fingerprint density at radius 1 is 1.45 bits per heavy atom. The van der Waals surface area contributed by atoms with Gasteiger partial charge in [-0.3, -0.25) is 9.69 Å². The van der Waals surface area contributed by atoms with Crippen molar-refractivity contribution >= 4 is 5.97 Å². The third-order valence-electron chi connectivity index (χ3n) is 3.74. The Balaban J connectivity index is 1.88. The number of esters is 1. The molecule has 4 nitrogen and oxygen atoms in total. The van der Waals surface area contributed by atoms with Gasteiger partial charge in [0.1, 0.15) is 0 Å². The summed E-state index contributed by atoms with van der Waals surface area (Å²) in [5, 5.41) is 10.2. The maximum atomic E-state index is 11.8. The summed E-state index contributed by atoms with van der Waals surface area (Å²) in [7, 11) is 0. The van der Waals surface area contributed by atoms with Crippen LogP contribution in [0.5, 0.6) is 0 Å². The molecule has 1 unspecified atom stereocenters. The van der Waals surface area contributed by atoms with E-state index in [0.717, 1.165) is 24.9 Å². The largest absolute Gasteiger partial charge is 0.466 e. The van der Waals surface area contributed by atoms with Crippen LogP contribution in [-0.4, -0.2) is 42.2 Å². The van der Waals surface area contributed by atoms with Crippen molar-refractivity contribution in [1.82, 2.24) is 4.90 Å². The molecule has 0 spiro atoms. The molecule has 110 valence electrons. The van der Waals surface area contributed by atoms with Crippen LogP contribution in [-0.2, 0) is 9.53 Å². The number of hydrogen-bond donors (Lipinski definition) is 1. The molecule has 4 heteroatoms. The van der Waals surface area contributed by atoms with Gasteiger partial charge in [0.25, 0.3) is 0 Å². The third-order valence-corrected chi connectivity index (χ3v) is 3.74. The van der Waals surface area contributed by atoms with Crippen molar-refractivity contribution in [3.8, 4) is 0 Å². The van der Waals surface area contributed by atoms with Gasteiger partial charge in [-0.15, -0.1) is 0 Å². The number of rotatable bonds is 5. The van der Waals surface area contributed by atoms with Crippen LogP contribution in [0.15, 0.2) is 30.3 Å². The van der Waals surface area contributed by atoms with Gasteiger partial charge < -0.3 is 9.84 Å². The Morgan fingerprint density at radius 3 is 2.90 bits per heavy atom. The van der Waals surface area contributed by atoms with Gasteiger partial charge >= 0.3 is 5.97 Å². The first-order valence-corrected chi connectivity index (χ1v) is 7.32. The minimum atomic E-state index is -0.503. The molecular formula is C16H23NO3. The molecule has 1 aromatic rings. The summed E-state index contributed by atoms with van der Waals surface area (Å²) in [5.41, 5.74) is 0.922. The lowest BCUT2D eigenvalue weighted by Gasteiger charge is -2.32. The second kappa shape index (κ2) is 7.41. The number of aliphatic hydroxyl groups excluding tert-OH is 1. The molecule has 2 rings (SSSR count). The first kappa shape index (κ1) is 15.0. The van der Waals surface area contributed by atoms with Crippen molar-refractivity contribution in [3.63, 3.8) is 0 Å². The van der Waals surface area contributed by atoms with Gasteiger partial charge in [0.15, 0.2) is 0 Å². The molecular weight excluding hydrogens is 254 g/mol. The van der Waals surface area contributed by atoms with Crippen LogP contribution in [0.25, 0.3) is 0 Å². The predicted octanol–water partition coefficient (Wildman–Crippen LogP) is 2.00. The Kier molecular flexibility index (Phi) is 5.56. The second-order valence-corrected chi connectivity index (χ2v) is 5.28. The number of carbonyl (C=O) groups excluding carboxylic acids is 1. The SMILES string of the molecule is CCOC(=O)[C@H]1CCCN(CC(O)c2ccccc2)C1. The van der Waals surface area contributed by atoms with E-state index in [1.807, 2.05) is 37.3 Å². The van der Waals surface area contributed by atoms with Crippen molar-refractivity contribution in [2.24, 2.45) is 5.92 Å². The Labute approximate surface area is 120 Å². The third kappa shape index (κ3) is 4.05. The molecule has 0 radical (unpaired) electrons. The topological polar surface area (TPSA) is 49.8 Å². The Bertz CT molecular complexity index is 421. The van der Waals surface area contributed by atoms with E-state index in [2.05, 4.69) is 4.90 Å². The summed E-state index contributed by atoms with van der Waals surface area (Å²) in [5.74, 6) is -0.155. The van der Waals surface area contributed by atoms with Crippen molar-refractivity contribution in [1.29, 1.82) is 0 Å². The minimum absolute atomic E-state index is 0.0494. The van der Waals surface area contributed by atoms with Crippen LogP contribution in [0.4, 0.5) is 0 Å². The van der Waals surface area contributed by atoms with E-state index in [1.54, 1.807) is 0 Å². The molecule has 0 saturated carbocycles. The number of ether oxygens (including phenoxy) is 1. The van der Waals surface area contributed by atoms with Crippen molar-refractivity contribution in [3.05, 3.63) is 35.9 Å². The molecule has 1 heterocycles. The molecule has 1 aliphatic rings. The molecule has 20 heavy (non-hydrogen) atoms. The van der Waals surface area contributed by atoms with Crippen molar-refractivity contribution in [2.75, 3.05) is 26.2 Å². The van der Waals surface area contributed by atoms with Gasteiger partial charge in [0, 0.05) is 13.1 Å². The van der Waals surface area contributed by atoms with Crippen molar-refractivity contribution < 1.29 is 14.6 Å². The molecule has 0 aliphatic carbocycles. The Morgan fingerprint density at radius 2 is 2.20 bits per heavy atom. The number of aliphatic hydroxyl groups is 1. The molecule has 1 aliphatic heterocycles. The van der Waals surface area contributed by atoms with E-state index in [0.29, 0.717) is 19.7 Å². The summed E-state index contributed by atoms with van der Waals surface area (Å²) in [6, 6.07) is 9.65. The van der Waals surface area contributed by atoms with Gasteiger partial charge in [-0.05, 0) is 31.9 Å². The van der Waals surface area contributed by atoms with E-state index in [9.17, 15) is 9.90 Å². The lowest BCUT2D eigenvalue weighted by molar-refractivity contribution is -0.150. The van der Waals surface area contributed by atoms with Crippen molar-refractivity contribution in [2.45, 2.75) is 25.9 Å². The highest BCUT2D eigenvalue weighted by atomic mass is 16.5. The lowest BCUT2D eigenvalue weighted by atomic mass is 9.97. The van der Waals surface area contributed by atoms with Gasteiger partial charge in [-0.1, -0.05) is 30.3 Å². The molecule has 2 atom stereocenters. The number of β-amino-alcohol motifs (C(OH)–C–C–N with tert-alkyl or cyclic N) is 1. The van der Waals surface area contributed by atoms with Gasteiger partial charge in [-0.25, -0.2) is 0 Å². The van der Waals surface area contributed by atoms with Crippen LogP contribution in [0.3, 0.4) is 0 Å². The zero-order valence-electron chi connectivity index (χ0n) is 12.0. The highest BCUT2D eigenvalue weighted by molar-refractivity contribution is 5.72. The molecule has 1 N–H and O–H groups in total. The summed E-state index contributed by atoms with van der Waals surface area (Å²) >= 11 is 0. The maximum absolute atomic E-state index is 11.8. The standard InChI is InChI=1S/C16H23NO3/c1-2-20-16(19)14-9-6-10-17(11-14)12-15(18)13-7-4-3-5-8-13/h3-5,7-8,14-15,18H,2,6,9-12H2,1H3/t14-,15?/m0/s1. The molecule has 1 fully saturated rings. The first-order valence-electron chi connectivity index (χ1n) is 7.32. The normalized spacial score (nSPS) is 21.4. The fraction of sp³-hybridized carbons (Fsp3) is 0.562. The quantitative estimate of drug-likeness (QED) is 0.836. The summed E-state index contributed by atoms with van der Waals surface area (Å²) in [4.78, 5) is 13.9. The maximum Gasteiger partial charge on any atom is 0.310 e. The smallest absolute Gasteiger partial charge is 0.310 e. The number of hydrogen-bond acceptors (Lipinski definition) is 4. The molecule has 0 aromatic heterocycles. The lowest BCUT2D eigenvalue weighted by Crippen LogP contribution is -2.41. The fourth-order valence-electron chi connectivity index (χ4n) is 2.70.